The van der Waals surface area contributed by atoms with E-state index in [-0.39, 0.29) is 18.1 Å². The van der Waals surface area contributed by atoms with Gasteiger partial charge in [0.2, 0.25) is 0 Å². The van der Waals surface area contributed by atoms with Gasteiger partial charge in [0.1, 0.15) is 11.6 Å². The number of aromatic nitrogens is 1. The summed E-state index contributed by atoms with van der Waals surface area (Å²) in [5.41, 5.74) is 2.81. The summed E-state index contributed by atoms with van der Waals surface area (Å²) in [5, 5.41) is 24.0. The first-order valence-electron chi connectivity index (χ1n) is 12.4. The molecule has 0 unspecified atom stereocenters. The third kappa shape index (κ3) is 4.60. The first-order chi connectivity index (χ1) is 18.3. The van der Waals surface area contributed by atoms with E-state index in [2.05, 4.69) is 21.7 Å². The first-order valence-corrected chi connectivity index (χ1v) is 12.4. The molecule has 0 saturated carbocycles. The molecular weight excluding hydrogens is 498 g/mol. The highest BCUT2D eigenvalue weighted by Gasteiger charge is 2.49. The summed E-state index contributed by atoms with van der Waals surface area (Å²) in [6.45, 7) is 2.46. The smallest absolute Gasteiger partial charge is 0.497 e. The molecule has 0 bridgehead atoms. The van der Waals surface area contributed by atoms with Crippen LogP contribution in [-0.4, -0.2) is 41.1 Å². The van der Waals surface area contributed by atoms with E-state index in [0.717, 1.165) is 12.8 Å². The third-order valence-corrected chi connectivity index (χ3v) is 7.07. The number of nitrogens with one attached hydrogen (secondary N) is 1. The number of unbranched alkanes of at least 4 members (excludes halogenated alkanes) is 1. The number of nitrogens with zero attached hydrogens (tertiary/aromatic N) is 1. The van der Waals surface area contributed by atoms with E-state index < -0.39 is 30.0 Å². The topological polar surface area (TPSA) is 110 Å². The number of pyridine rings is 1. The number of carbonyl (C=O) groups is 1. The molecule has 2 aliphatic rings. The number of hydrogen-bond donors (Lipinski definition) is 3. The summed E-state index contributed by atoms with van der Waals surface area (Å²) in [5.74, 6) is -2.71. The van der Waals surface area contributed by atoms with Crippen LogP contribution in [0, 0.1) is 5.92 Å². The van der Waals surface area contributed by atoms with Gasteiger partial charge in [0, 0.05) is 18.4 Å². The Bertz CT molecular complexity index is 1370. The van der Waals surface area contributed by atoms with Crippen LogP contribution in [0.2, 0.25) is 0 Å². The highest BCUT2D eigenvalue weighted by molar-refractivity contribution is 5.78. The van der Waals surface area contributed by atoms with E-state index in [4.69, 9.17) is 9.72 Å². The normalized spacial score (nSPS) is 20.7. The molecule has 1 aliphatic carbocycles. The standard InChI is InChI=1S/C28H28F2N2O6/c1-3-4-11-31-22-10-8-19-23(15-5-9-20-21(13-15)38-28(29,30)37-20)25(27(34)35)24(26(19)32-22)18-7-6-17(36-2)12-16(18)14-33/h5-10,12-13,23-25,33H,3-4,11,14H2,1-2H3,(H,31,32)(H,34,35)/t23-,24-,25+/m0/s1. The molecule has 10 heteroatoms. The van der Waals surface area contributed by atoms with Crippen molar-refractivity contribution >= 4 is 11.8 Å². The van der Waals surface area contributed by atoms with Gasteiger partial charge in [0.05, 0.1) is 25.3 Å². The van der Waals surface area contributed by atoms with Gasteiger partial charge in [-0.1, -0.05) is 31.5 Å². The number of aliphatic carboxylic acids is 1. The molecule has 2 aromatic carbocycles. The van der Waals surface area contributed by atoms with E-state index in [1.165, 1.54) is 19.2 Å². The first kappa shape index (κ1) is 25.7. The summed E-state index contributed by atoms with van der Waals surface area (Å²) >= 11 is 0. The van der Waals surface area contributed by atoms with Crippen molar-refractivity contribution in [2.75, 3.05) is 19.0 Å². The molecule has 3 aromatic rings. The molecule has 38 heavy (non-hydrogen) atoms. The number of alkyl halides is 2. The number of methoxy groups -OCH3 is 1. The number of halogens is 2. The van der Waals surface area contributed by atoms with Crippen LogP contribution in [-0.2, 0) is 11.4 Å². The maximum atomic E-state index is 13.7. The molecule has 1 aliphatic heterocycles. The average Bonchev–Trinajstić information content (AvgIpc) is 3.40. The van der Waals surface area contributed by atoms with Crippen molar-refractivity contribution in [3.63, 3.8) is 0 Å². The van der Waals surface area contributed by atoms with E-state index in [0.29, 0.717) is 46.1 Å². The Morgan fingerprint density at radius 1 is 1.08 bits per heavy atom. The third-order valence-electron chi connectivity index (χ3n) is 7.07. The van der Waals surface area contributed by atoms with Gasteiger partial charge in [-0.15, -0.1) is 8.78 Å². The van der Waals surface area contributed by atoms with Crippen LogP contribution in [0.1, 0.15) is 59.5 Å². The quantitative estimate of drug-likeness (QED) is 0.331. The number of hydrogen-bond acceptors (Lipinski definition) is 7. The van der Waals surface area contributed by atoms with Crippen molar-refractivity contribution in [1.82, 2.24) is 4.98 Å². The number of carboxylic acids is 1. The monoisotopic (exact) mass is 526 g/mol. The SMILES string of the molecule is CCCCNc1ccc2c(n1)[C@@H](c1ccc(OC)cc1CO)[C@H](C(=O)O)[C@H]2c1ccc2c(c1)OC(F)(F)O2. The minimum Gasteiger partial charge on any atom is -0.497 e. The lowest BCUT2D eigenvalue weighted by Crippen LogP contribution is -2.26. The summed E-state index contributed by atoms with van der Waals surface area (Å²) in [6, 6.07) is 13.1. The predicted octanol–water partition coefficient (Wildman–Crippen LogP) is 5.09. The molecule has 200 valence electrons. The Kier molecular flexibility index (Phi) is 6.83. The lowest BCUT2D eigenvalue weighted by Gasteiger charge is -2.24. The number of aliphatic hydroxyl groups excluding tert-OH is 1. The van der Waals surface area contributed by atoms with Crippen molar-refractivity contribution in [3.05, 3.63) is 76.5 Å². The Morgan fingerprint density at radius 3 is 2.55 bits per heavy atom. The Labute approximate surface area is 218 Å². The van der Waals surface area contributed by atoms with E-state index in [9.17, 15) is 23.8 Å². The summed E-state index contributed by atoms with van der Waals surface area (Å²) in [6.07, 6.45) is -1.85. The molecule has 0 amide bonds. The zero-order chi connectivity index (χ0) is 27.0. The minimum atomic E-state index is -3.79. The fraction of sp³-hybridized carbons (Fsp3) is 0.357. The molecule has 0 fully saturated rings. The second kappa shape index (κ2) is 10.1. The van der Waals surface area contributed by atoms with Gasteiger partial charge < -0.3 is 29.7 Å². The number of rotatable bonds is 9. The zero-order valence-corrected chi connectivity index (χ0v) is 20.9. The largest absolute Gasteiger partial charge is 0.586 e. The van der Waals surface area contributed by atoms with Crippen LogP contribution in [0.25, 0.3) is 0 Å². The van der Waals surface area contributed by atoms with E-state index in [1.807, 2.05) is 6.07 Å². The van der Waals surface area contributed by atoms with Crippen LogP contribution >= 0.6 is 0 Å². The van der Waals surface area contributed by atoms with Crippen molar-refractivity contribution < 1.29 is 38.0 Å². The molecular formula is C28H28F2N2O6. The Balaban J connectivity index is 1.66. The lowest BCUT2D eigenvalue weighted by molar-refractivity contribution is -0.286. The Morgan fingerprint density at radius 2 is 1.84 bits per heavy atom. The van der Waals surface area contributed by atoms with Crippen molar-refractivity contribution in [3.8, 4) is 17.2 Å². The minimum absolute atomic E-state index is 0.119. The molecule has 0 radical (unpaired) electrons. The molecule has 3 atom stereocenters. The molecule has 8 nitrogen and oxygen atoms in total. The highest BCUT2D eigenvalue weighted by Crippen LogP contribution is 2.54. The van der Waals surface area contributed by atoms with Gasteiger partial charge in [-0.2, -0.15) is 0 Å². The molecule has 1 aromatic heterocycles. The van der Waals surface area contributed by atoms with Crippen LogP contribution in [0.3, 0.4) is 0 Å². The molecule has 2 heterocycles. The molecule has 0 saturated heterocycles. The van der Waals surface area contributed by atoms with Crippen LogP contribution in [0.5, 0.6) is 17.2 Å². The zero-order valence-electron chi connectivity index (χ0n) is 20.9. The maximum Gasteiger partial charge on any atom is 0.586 e. The van der Waals surface area contributed by atoms with Crippen LogP contribution in [0.15, 0.2) is 48.5 Å². The van der Waals surface area contributed by atoms with Crippen molar-refractivity contribution in [1.29, 1.82) is 0 Å². The fourth-order valence-electron chi connectivity index (χ4n) is 5.37. The number of anilines is 1. The summed E-state index contributed by atoms with van der Waals surface area (Å²) < 4.78 is 41.9. The van der Waals surface area contributed by atoms with Crippen LogP contribution in [0.4, 0.5) is 14.6 Å². The van der Waals surface area contributed by atoms with Gasteiger partial charge in [0.25, 0.3) is 0 Å². The number of fused-ring (bicyclic) bond motifs is 2. The number of carboxylic acid groups (broad SMARTS) is 1. The summed E-state index contributed by atoms with van der Waals surface area (Å²) in [4.78, 5) is 17.7. The van der Waals surface area contributed by atoms with Gasteiger partial charge in [-0.3, -0.25) is 4.79 Å². The van der Waals surface area contributed by atoms with Gasteiger partial charge in [-0.25, -0.2) is 4.98 Å². The van der Waals surface area contributed by atoms with Gasteiger partial charge in [-0.05, 0) is 59.0 Å². The van der Waals surface area contributed by atoms with E-state index in [1.54, 1.807) is 30.3 Å². The van der Waals surface area contributed by atoms with Crippen molar-refractivity contribution in [2.24, 2.45) is 5.92 Å². The van der Waals surface area contributed by atoms with Gasteiger partial charge in [0.15, 0.2) is 11.5 Å². The molecule has 0 spiro atoms. The number of benzene rings is 2. The average molecular weight is 527 g/mol. The van der Waals surface area contributed by atoms with E-state index >= 15 is 0 Å². The highest BCUT2D eigenvalue weighted by atomic mass is 19.3. The van der Waals surface area contributed by atoms with Crippen LogP contribution < -0.4 is 19.5 Å². The predicted molar refractivity (Wildman–Crippen MR) is 134 cm³/mol. The Hall–Kier alpha value is -3.92. The second-order valence-corrected chi connectivity index (χ2v) is 9.37. The number of aliphatic hydroxyl groups is 1. The summed E-state index contributed by atoms with van der Waals surface area (Å²) in [7, 11) is 1.51. The number of ether oxygens (including phenoxy) is 3. The second-order valence-electron chi connectivity index (χ2n) is 9.37. The lowest BCUT2D eigenvalue weighted by atomic mass is 9.79. The maximum absolute atomic E-state index is 13.7. The van der Waals surface area contributed by atoms with Gasteiger partial charge >= 0.3 is 12.3 Å². The van der Waals surface area contributed by atoms with Crippen molar-refractivity contribution in [2.45, 2.75) is 44.5 Å². The molecule has 5 rings (SSSR count). The molecule has 3 N–H and O–H groups in total. The fourth-order valence-corrected chi connectivity index (χ4v) is 5.37.